The first kappa shape index (κ1) is 22.3. The van der Waals surface area contributed by atoms with Crippen molar-refractivity contribution in [2.75, 3.05) is 0 Å². The zero-order valence-corrected chi connectivity index (χ0v) is 20.3. The summed E-state index contributed by atoms with van der Waals surface area (Å²) in [6.45, 7) is 14.1. The van der Waals surface area contributed by atoms with Gasteiger partial charge in [0.2, 0.25) is 0 Å². The topological polar surface area (TPSA) is 34.1 Å². The van der Waals surface area contributed by atoms with E-state index in [0.29, 0.717) is 28.8 Å². The van der Waals surface area contributed by atoms with Crippen LogP contribution in [0, 0.1) is 52.3 Å². The Kier molecular flexibility index (Phi) is 5.86. The molecule has 0 bridgehead atoms. The number of allylic oxidation sites excluding steroid dienone is 1. The van der Waals surface area contributed by atoms with E-state index in [0.717, 1.165) is 55.8 Å². The Hall–Kier alpha value is -0.920. The van der Waals surface area contributed by atoms with Crippen LogP contribution >= 0.6 is 0 Å². The van der Waals surface area contributed by atoms with Crippen LogP contribution in [0.2, 0.25) is 0 Å². The van der Waals surface area contributed by atoms with Gasteiger partial charge in [-0.1, -0.05) is 47.1 Å². The van der Waals surface area contributed by atoms with Crippen LogP contribution in [-0.2, 0) is 9.59 Å². The molecule has 0 aromatic heterocycles. The van der Waals surface area contributed by atoms with Crippen molar-refractivity contribution < 1.29 is 9.59 Å². The van der Waals surface area contributed by atoms with E-state index in [1.807, 2.05) is 19.9 Å². The second-order valence-electron chi connectivity index (χ2n) is 12.4. The molecule has 2 nitrogen and oxygen atoms in total. The van der Waals surface area contributed by atoms with Crippen LogP contribution in [0.3, 0.4) is 0 Å². The van der Waals surface area contributed by atoms with E-state index in [9.17, 15) is 9.59 Å². The number of carbonyl (C=O) groups is 2. The van der Waals surface area contributed by atoms with Gasteiger partial charge < -0.3 is 0 Å². The summed E-state index contributed by atoms with van der Waals surface area (Å²) in [4.78, 5) is 24.3. The van der Waals surface area contributed by atoms with Crippen molar-refractivity contribution in [1.82, 2.24) is 0 Å². The van der Waals surface area contributed by atoms with Crippen LogP contribution in [0.15, 0.2) is 11.6 Å². The lowest BCUT2D eigenvalue weighted by Gasteiger charge is -2.60. The molecule has 0 aliphatic heterocycles. The fourth-order valence-corrected chi connectivity index (χ4v) is 8.74. The normalized spacial score (nSPS) is 44.2. The fraction of sp³-hybridized carbons (Fsp3) is 0.857. The highest BCUT2D eigenvalue weighted by Crippen LogP contribution is 2.68. The Balaban J connectivity index is 1.54. The quantitative estimate of drug-likeness (QED) is 0.486. The minimum atomic E-state index is 0.174. The third-order valence-corrected chi connectivity index (χ3v) is 10.6. The predicted molar refractivity (Wildman–Crippen MR) is 123 cm³/mol. The van der Waals surface area contributed by atoms with Crippen molar-refractivity contribution in [1.29, 1.82) is 0 Å². The Bertz CT molecular complexity index is 733. The first-order valence-electron chi connectivity index (χ1n) is 12.8. The summed E-state index contributed by atoms with van der Waals surface area (Å²) in [7, 11) is 0. The minimum Gasteiger partial charge on any atom is -0.299 e. The molecule has 3 fully saturated rings. The lowest BCUT2D eigenvalue weighted by molar-refractivity contribution is -0.122. The van der Waals surface area contributed by atoms with Crippen LogP contribution < -0.4 is 0 Å². The Morgan fingerprint density at radius 3 is 2.53 bits per heavy atom. The zero-order chi connectivity index (χ0) is 21.8. The lowest BCUT2D eigenvalue weighted by Crippen LogP contribution is -2.53. The molecular formula is C28H44O2. The molecule has 0 saturated heterocycles. The van der Waals surface area contributed by atoms with Crippen molar-refractivity contribution >= 4 is 11.6 Å². The van der Waals surface area contributed by atoms with Gasteiger partial charge in [0.05, 0.1) is 0 Å². The van der Waals surface area contributed by atoms with Crippen molar-refractivity contribution in [2.45, 2.75) is 99.3 Å². The van der Waals surface area contributed by atoms with Crippen LogP contribution in [0.4, 0.5) is 0 Å². The van der Waals surface area contributed by atoms with Gasteiger partial charge in [0.1, 0.15) is 5.78 Å². The SMILES string of the molecule is CC(C)C(=O)CCC(C)C1CCC2C3C(C)CC4=CC(=O)CCC4(C)C3CCC12C. The molecular weight excluding hydrogens is 368 g/mol. The lowest BCUT2D eigenvalue weighted by atomic mass is 9.44. The van der Waals surface area contributed by atoms with Gasteiger partial charge in [-0.05, 0) is 97.4 Å². The van der Waals surface area contributed by atoms with E-state index >= 15 is 0 Å². The predicted octanol–water partition coefficient (Wildman–Crippen LogP) is 7.02. The molecule has 30 heavy (non-hydrogen) atoms. The largest absolute Gasteiger partial charge is 0.299 e. The molecule has 0 heterocycles. The van der Waals surface area contributed by atoms with E-state index in [1.54, 1.807) is 0 Å². The number of rotatable bonds is 5. The average Bonchev–Trinajstić information content (AvgIpc) is 3.04. The minimum absolute atomic E-state index is 0.174. The van der Waals surface area contributed by atoms with Crippen LogP contribution in [0.25, 0.3) is 0 Å². The molecule has 0 aromatic rings. The Morgan fingerprint density at radius 2 is 1.83 bits per heavy atom. The van der Waals surface area contributed by atoms with Gasteiger partial charge >= 0.3 is 0 Å². The molecule has 0 amide bonds. The van der Waals surface area contributed by atoms with Gasteiger partial charge in [0, 0.05) is 18.8 Å². The van der Waals surface area contributed by atoms with Crippen molar-refractivity contribution in [3.8, 4) is 0 Å². The first-order valence-corrected chi connectivity index (χ1v) is 12.8. The third-order valence-electron chi connectivity index (χ3n) is 10.6. The highest BCUT2D eigenvalue weighted by molar-refractivity contribution is 5.91. The van der Waals surface area contributed by atoms with E-state index in [2.05, 4.69) is 27.7 Å². The van der Waals surface area contributed by atoms with Crippen molar-refractivity contribution in [3.05, 3.63) is 11.6 Å². The molecule has 2 heteroatoms. The monoisotopic (exact) mass is 412 g/mol. The molecule has 168 valence electrons. The maximum absolute atomic E-state index is 12.2. The molecule has 0 aromatic carbocycles. The van der Waals surface area contributed by atoms with Crippen molar-refractivity contribution in [2.24, 2.45) is 52.3 Å². The number of Topliss-reactive ketones (excluding diaryl/α,β-unsaturated/α-hetero) is 1. The molecule has 3 saturated carbocycles. The third kappa shape index (κ3) is 3.45. The van der Waals surface area contributed by atoms with Gasteiger partial charge in [0.25, 0.3) is 0 Å². The fourth-order valence-electron chi connectivity index (χ4n) is 8.74. The van der Waals surface area contributed by atoms with Gasteiger partial charge in [-0.3, -0.25) is 9.59 Å². The van der Waals surface area contributed by atoms with Crippen LogP contribution in [-0.4, -0.2) is 11.6 Å². The first-order chi connectivity index (χ1) is 14.1. The van der Waals surface area contributed by atoms with E-state index in [-0.39, 0.29) is 11.3 Å². The summed E-state index contributed by atoms with van der Waals surface area (Å²) in [6.07, 6.45) is 12.2. The summed E-state index contributed by atoms with van der Waals surface area (Å²) in [5.41, 5.74) is 2.18. The summed E-state index contributed by atoms with van der Waals surface area (Å²) in [5.74, 6) is 5.49. The molecule has 0 spiro atoms. The van der Waals surface area contributed by atoms with Gasteiger partial charge in [-0.2, -0.15) is 0 Å². The molecule has 8 atom stereocenters. The van der Waals surface area contributed by atoms with E-state index in [4.69, 9.17) is 0 Å². The highest BCUT2D eigenvalue weighted by Gasteiger charge is 2.60. The number of fused-ring (bicyclic) bond motifs is 5. The molecule has 0 N–H and O–H groups in total. The average molecular weight is 413 g/mol. The second kappa shape index (κ2) is 7.89. The molecule has 4 aliphatic carbocycles. The van der Waals surface area contributed by atoms with Gasteiger partial charge in [0.15, 0.2) is 5.78 Å². The molecule has 8 unspecified atom stereocenters. The molecule has 4 rings (SSSR count). The van der Waals surface area contributed by atoms with Gasteiger partial charge in [-0.25, -0.2) is 0 Å². The van der Waals surface area contributed by atoms with Crippen molar-refractivity contribution in [3.63, 3.8) is 0 Å². The van der Waals surface area contributed by atoms with Crippen LogP contribution in [0.5, 0.6) is 0 Å². The highest BCUT2D eigenvalue weighted by atomic mass is 16.1. The number of hydrogen-bond donors (Lipinski definition) is 0. The zero-order valence-electron chi connectivity index (χ0n) is 20.3. The molecule has 0 radical (unpaired) electrons. The summed E-state index contributed by atoms with van der Waals surface area (Å²) in [5, 5.41) is 0. The van der Waals surface area contributed by atoms with Gasteiger partial charge in [-0.15, -0.1) is 0 Å². The Morgan fingerprint density at radius 1 is 1.10 bits per heavy atom. The Labute approximate surface area is 184 Å². The maximum atomic E-state index is 12.2. The van der Waals surface area contributed by atoms with E-state index in [1.165, 1.54) is 31.3 Å². The van der Waals surface area contributed by atoms with E-state index < -0.39 is 0 Å². The standard InChI is InChI=1S/C28H44O2/c1-17(2)25(30)10-7-18(3)22-8-9-23-26-19(4)15-20-16-21(29)11-13-27(20,5)24(26)12-14-28(22,23)6/h16-19,22-24,26H,7-15H2,1-6H3. The summed E-state index contributed by atoms with van der Waals surface area (Å²) < 4.78 is 0. The van der Waals surface area contributed by atoms with Crippen LogP contribution in [0.1, 0.15) is 99.3 Å². The number of ketones is 2. The molecule has 4 aliphatic rings. The smallest absolute Gasteiger partial charge is 0.155 e. The number of carbonyl (C=O) groups excluding carboxylic acids is 2. The summed E-state index contributed by atoms with van der Waals surface area (Å²) >= 11 is 0. The number of hydrogen-bond acceptors (Lipinski definition) is 2. The maximum Gasteiger partial charge on any atom is 0.155 e. The second-order valence-corrected chi connectivity index (χ2v) is 12.4. The summed E-state index contributed by atoms with van der Waals surface area (Å²) in [6, 6.07) is 0.